The van der Waals surface area contributed by atoms with Crippen LogP contribution < -0.4 is 10.6 Å². The largest absolute Gasteiger partial charge is 0.387 e. The molecule has 128 valence electrons. The van der Waals surface area contributed by atoms with Gasteiger partial charge in [0.25, 0.3) is 0 Å². The third-order valence-corrected chi connectivity index (χ3v) is 3.70. The molecule has 0 bridgehead atoms. The molecule has 0 saturated carbocycles. The van der Waals surface area contributed by atoms with Gasteiger partial charge in [-0.2, -0.15) is 0 Å². The molecular weight excluding hydrogens is 314 g/mol. The maximum absolute atomic E-state index is 13.2. The predicted octanol–water partition coefficient (Wildman–Crippen LogP) is 3.75. The van der Waals surface area contributed by atoms with E-state index >= 15 is 0 Å². The summed E-state index contributed by atoms with van der Waals surface area (Å²) < 4.78 is 26.0. The molecule has 2 aromatic carbocycles. The summed E-state index contributed by atoms with van der Waals surface area (Å²) in [5, 5.41) is 15.2. The number of urea groups is 1. The van der Waals surface area contributed by atoms with Gasteiger partial charge in [-0.1, -0.05) is 23.8 Å². The molecule has 0 radical (unpaired) electrons. The minimum Gasteiger partial charge on any atom is -0.387 e. The number of benzene rings is 2. The smallest absolute Gasteiger partial charge is 0.319 e. The van der Waals surface area contributed by atoms with Gasteiger partial charge < -0.3 is 15.7 Å². The van der Waals surface area contributed by atoms with Crippen LogP contribution in [0.3, 0.4) is 0 Å². The molecule has 0 unspecified atom stereocenters. The lowest BCUT2D eigenvalue weighted by molar-refractivity contribution is 0.174. The molecule has 1 atom stereocenters. The second-order valence-corrected chi connectivity index (χ2v) is 5.80. The van der Waals surface area contributed by atoms with Gasteiger partial charge in [0.1, 0.15) is 0 Å². The highest BCUT2D eigenvalue weighted by Crippen LogP contribution is 2.22. The van der Waals surface area contributed by atoms with E-state index in [2.05, 4.69) is 10.6 Å². The second-order valence-electron chi connectivity index (χ2n) is 5.80. The lowest BCUT2D eigenvalue weighted by Gasteiger charge is -2.16. The van der Waals surface area contributed by atoms with Crippen LogP contribution >= 0.6 is 0 Å². The first-order valence-electron chi connectivity index (χ1n) is 7.53. The van der Waals surface area contributed by atoms with Crippen LogP contribution in [0.2, 0.25) is 0 Å². The summed E-state index contributed by atoms with van der Waals surface area (Å²) >= 11 is 0. The number of amides is 2. The molecule has 0 fully saturated rings. The molecule has 2 aromatic rings. The fraction of sp³-hybridized carbons (Fsp3) is 0.278. The molecule has 3 N–H and O–H groups in total. The van der Waals surface area contributed by atoms with E-state index in [9.17, 15) is 18.7 Å². The third kappa shape index (κ3) is 4.29. The Morgan fingerprint density at radius 1 is 1.08 bits per heavy atom. The van der Waals surface area contributed by atoms with Crippen molar-refractivity contribution < 1.29 is 18.7 Å². The molecule has 4 nitrogen and oxygen atoms in total. The molecule has 0 saturated heterocycles. The van der Waals surface area contributed by atoms with E-state index in [1.54, 1.807) is 0 Å². The van der Waals surface area contributed by atoms with Crippen LogP contribution in [0.15, 0.2) is 30.3 Å². The summed E-state index contributed by atoms with van der Waals surface area (Å²) in [6.07, 6.45) is -1.13. The van der Waals surface area contributed by atoms with Gasteiger partial charge in [0.15, 0.2) is 11.6 Å². The van der Waals surface area contributed by atoms with Crippen LogP contribution in [-0.2, 0) is 0 Å². The van der Waals surface area contributed by atoms with Gasteiger partial charge in [-0.3, -0.25) is 0 Å². The molecule has 6 heteroatoms. The van der Waals surface area contributed by atoms with E-state index in [0.717, 1.165) is 28.8 Å². The monoisotopic (exact) mass is 334 g/mol. The van der Waals surface area contributed by atoms with E-state index in [1.165, 1.54) is 6.07 Å². The molecular formula is C18H20F2N2O2. The Labute approximate surface area is 139 Å². The van der Waals surface area contributed by atoms with E-state index in [-0.39, 0.29) is 12.1 Å². The summed E-state index contributed by atoms with van der Waals surface area (Å²) in [7, 11) is 0. The molecule has 2 amide bonds. The van der Waals surface area contributed by atoms with Crippen molar-refractivity contribution in [2.45, 2.75) is 26.9 Å². The van der Waals surface area contributed by atoms with Crippen LogP contribution in [0, 0.1) is 32.4 Å². The topological polar surface area (TPSA) is 61.4 Å². The lowest BCUT2D eigenvalue weighted by atomic mass is 10.1. The molecule has 0 heterocycles. The third-order valence-electron chi connectivity index (χ3n) is 3.70. The van der Waals surface area contributed by atoms with Crippen molar-refractivity contribution in [2.24, 2.45) is 0 Å². The highest BCUT2D eigenvalue weighted by atomic mass is 19.2. The van der Waals surface area contributed by atoms with Crippen LogP contribution in [0.5, 0.6) is 0 Å². The standard InChI is InChI=1S/C18H20F2N2O2/c1-10-6-11(2)17(12(3)7-10)22-18(24)21-9-16(23)13-4-5-14(19)15(20)8-13/h4-8,16,23H,9H2,1-3H3,(H2,21,22,24)/t16-/m0/s1. The number of nitrogens with one attached hydrogen (secondary N) is 2. The van der Waals surface area contributed by atoms with Crippen molar-refractivity contribution in [3.8, 4) is 0 Å². The average Bonchev–Trinajstić information content (AvgIpc) is 2.51. The quantitative estimate of drug-likeness (QED) is 0.797. The Bertz CT molecular complexity index is 740. The van der Waals surface area contributed by atoms with Gasteiger partial charge in [0.05, 0.1) is 6.10 Å². The summed E-state index contributed by atoms with van der Waals surface area (Å²) in [5.41, 5.74) is 3.87. The zero-order chi connectivity index (χ0) is 17.9. The fourth-order valence-electron chi connectivity index (χ4n) is 2.56. The van der Waals surface area contributed by atoms with Gasteiger partial charge >= 0.3 is 6.03 Å². The minimum atomic E-state index is -1.13. The van der Waals surface area contributed by atoms with E-state index in [4.69, 9.17) is 0 Å². The van der Waals surface area contributed by atoms with Gasteiger partial charge in [-0.15, -0.1) is 0 Å². The van der Waals surface area contributed by atoms with Crippen LogP contribution in [0.25, 0.3) is 0 Å². The summed E-state index contributed by atoms with van der Waals surface area (Å²) in [5.74, 6) is -2.02. The molecule has 2 rings (SSSR count). The molecule has 0 aliphatic heterocycles. The van der Waals surface area contributed by atoms with Gasteiger partial charge in [0.2, 0.25) is 0 Å². The number of anilines is 1. The number of hydrogen-bond donors (Lipinski definition) is 3. The highest BCUT2D eigenvalue weighted by molar-refractivity contribution is 5.91. The lowest BCUT2D eigenvalue weighted by Crippen LogP contribution is -2.32. The van der Waals surface area contributed by atoms with Crippen molar-refractivity contribution >= 4 is 11.7 Å². The van der Waals surface area contributed by atoms with E-state index in [1.807, 2.05) is 32.9 Å². The van der Waals surface area contributed by atoms with Gasteiger partial charge in [-0.05, 0) is 49.6 Å². The molecule has 0 aliphatic carbocycles. The minimum absolute atomic E-state index is 0.124. The number of halogens is 2. The summed E-state index contributed by atoms with van der Waals surface area (Å²) in [4.78, 5) is 12.0. The number of aliphatic hydroxyl groups is 1. The van der Waals surface area contributed by atoms with E-state index < -0.39 is 23.8 Å². The van der Waals surface area contributed by atoms with Crippen molar-refractivity contribution in [3.63, 3.8) is 0 Å². The van der Waals surface area contributed by atoms with Crippen molar-refractivity contribution in [1.82, 2.24) is 5.32 Å². The second kappa shape index (κ2) is 7.40. The predicted molar refractivity (Wildman–Crippen MR) is 89.0 cm³/mol. The fourth-order valence-corrected chi connectivity index (χ4v) is 2.56. The summed E-state index contributed by atoms with van der Waals surface area (Å²) in [6, 6.07) is 6.56. The van der Waals surface area contributed by atoms with Crippen LogP contribution in [0.4, 0.5) is 19.3 Å². The first-order valence-corrected chi connectivity index (χ1v) is 7.53. The molecule has 0 spiro atoms. The number of rotatable bonds is 4. The Morgan fingerprint density at radius 3 is 2.29 bits per heavy atom. The number of hydrogen-bond acceptors (Lipinski definition) is 2. The number of carbonyl (C=O) groups excluding carboxylic acids is 1. The Hall–Kier alpha value is -2.47. The number of carbonyl (C=O) groups is 1. The normalized spacial score (nSPS) is 11.9. The maximum Gasteiger partial charge on any atom is 0.319 e. The Kier molecular flexibility index (Phi) is 5.51. The Balaban J connectivity index is 1.97. The average molecular weight is 334 g/mol. The molecule has 24 heavy (non-hydrogen) atoms. The zero-order valence-electron chi connectivity index (χ0n) is 13.8. The summed E-state index contributed by atoms with van der Waals surface area (Å²) in [6.45, 7) is 5.64. The van der Waals surface area contributed by atoms with Gasteiger partial charge in [0, 0.05) is 12.2 Å². The molecule has 0 aromatic heterocycles. The zero-order valence-corrected chi connectivity index (χ0v) is 13.8. The number of aliphatic hydroxyl groups excluding tert-OH is 1. The maximum atomic E-state index is 13.2. The molecule has 0 aliphatic rings. The van der Waals surface area contributed by atoms with Crippen molar-refractivity contribution in [3.05, 3.63) is 64.2 Å². The first-order chi connectivity index (χ1) is 11.3. The van der Waals surface area contributed by atoms with Crippen LogP contribution in [-0.4, -0.2) is 17.7 Å². The van der Waals surface area contributed by atoms with E-state index in [0.29, 0.717) is 5.69 Å². The Morgan fingerprint density at radius 2 is 1.71 bits per heavy atom. The SMILES string of the molecule is Cc1cc(C)c(NC(=O)NC[C@H](O)c2ccc(F)c(F)c2)c(C)c1. The number of aryl methyl sites for hydroxylation is 3. The van der Waals surface area contributed by atoms with Gasteiger partial charge in [-0.25, -0.2) is 13.6 Å². The van der Waals surface area contributed by atoms with Crippen molar-refractivity contribution in [1.29, 1.82) is 0 Å². The van der Waals surface area contributed by atoms with Crippen molar-refractivity contribution in [2.75, 3.05) is 11.9 Å². The first kappa shape index (κ1) is 17.9. The van der Waals surface area contributed by atoms with Crippen LogP contribution in [0.1, 0.15) is 28.4 Å². The highest BCUT2D eigenvalue weighted by Gasteiger charge is 2.13.